The number of methoxy groups -OCH3 is 1. The van der Waals surface area contributed by atoms with Crippen molar-refractivity contribution in [3.63, 3.8) is 0 Å². The molecule has 4 heteroatoms. The third-order valence-corrected chi connectivity index (χ3v) is 4.54. The van der Waals surface area contributed by atoms with Crippen molar-refractivity contribution in [2.45, 2.75) is 18.4 Å². The van der Waals surface area contributed by atoms with Crippen LogP contribution in [0, 0.1) is 5.82 Å². The van der Waals surface area contributed by atoms with Gasteiger partial charge in [0, 0.05) is 19.0 Å². The molecule has 1 heterocycles. The highest BCUT2D eigenvalue weighted by atomic mass is 19.1. The molecule has 1 saturated heterocycles. The van der Waals surface area contributed by atoms with E-state index in [0.29, 0.717) is 12.5 Å². The van der Waals surface area contributed by atoms with Gasteiger partial charge in [-0.1, -0.05) is 30.3 Å². The van der Waals surface area contributed by atoms with E-state index in [0.717, 1.165) is 30.8 Å². The van der Waals surface area contributed by atoms with Crippen LogP contribution in [-0.4, -0.2) is 36.8 Å². The molecule has 1 N–H and O–H groups in total. The minimum Gasteiger partial charge on any atom is -0.496 e. The summed E-state index contributed by atoms with van der Waals surface area (Å²) >= 11 is 0. The zero-order valence-corrected chi connectivity index (χ0v) is 13.3. The lowest BCUT2D eigenvalue weighted by Crippen LogP contribution is -2.26. The summed E-state index contributed by atoms with van der Waals surface area (Å²) in [6.45, 7) is 2.41. The van der Waals surface area contributed by atoms with Crippen LogP contribution in [0.4, 0.5) is 4.39 Å². The number of hydrogen-bond acceptors (Lipinski definition) is 3. The topological polar surface area (TPSA) is 32.7 Å². The lowest BCUT2D eigenvalue weighted by molar-refractivity contribution is 0.125. The highest BCUT2D eigenvalue weighted by molar-refractivity contribution is 5.37. The molecule has 0 radical (unpaired) electrons. The number of ether oxygens (including phenoxy) is 1. The molecule has 0 bridgehead atoms. The van der Waals surface area contributed by atoms with Gasteiger partial charge in [0.15, 0.2) is 0 Å². The number of aliphatic hydroxyl groups excluding tert-OH is 1. The SMILES string of the molecule is COc1ccccc1C1CCN(CC(O)c2ccc(F)cc2)C1. The molecule has 0 aromatic heterocycles. The number of rotatable bonds is 5. The fourth-order valence-corrected chi connectivity index (χ4v) is 3.29. The number of aliphatic hydroxyl groups is 1. The first-order valence-electron chi connectivity index (χ1n) is 7.96. The largest absolute Gasteiger partial charge is 0.496 e. The smallest absolute Gasteiger partial charge is 0.123 e. The van der Waals surface area contributed by atoms with Crippen LogP contribution < -0.4 is 4.74 Å². The number of likely N-dealkylation sites (tertiary alicyclic amines) is 1. The summed E-state index contributed by atoms with van der Waals surface area (Å²) < 4.78 is 18.4. The molecular weight excluding hydrogens is 293 g/mol. The maximum absolute atomic E-state index is 13.0. The monoisotopic (exact) mass is 315 g/mol. The van der Waals surface area contributed by atoms with Crippen molar-refractivity contribution in [2.75, 3.05) is 26.7 Å². The van der Waals surface area contributed by atoms with E-state index in [-0.39, 0.29) is 5.82 Å². The standard InChI is InChI=1S/C19H22FNO2/c1-23-19-5-3-2-4-17(19)15-10-11-21(12-15)13-18(22)14-6-8-16(20)9-7-14/h2-9,15,18,22H,10-13H2,1H3. The number of nitrogens with zero attached hydrogens (tertiary/aromatic N) is 1. The van der Waals surface area contributed by atoms with Crippen LogP contribution in [0.15, 0.2) is 48.5 Å². The molecule has 1 aliphatic heterocycles. The Morgan fingerprint density at radius 3 is 2.70 bits per heavy atom. The summed E-state index contributed by atoms with van der Waals surface area (Å²) in [5, 5.41) is 10.3. The minimum atomic E-state index is -0.591. The molecule has 1 fully saturated rings. The number of halogens is 1. The van der Waals surface area contributed by atoms with Crippen LogP contribution in [-0.2, 0) is 0 Å². The van der Waals surface area contributed by atoms with Gasteiger partial charge in [-0.15, -0.1) is 0 Å². The summed E-state index contributed by atoms with van der Waals surface area (Å²) in [6, 6.07) is 14.2. The van der Waals surface area contributed by atoms with Gasteiger partial charge in [-0.05, 0) is 42.3 Å². The highest BCUT2D eigenvalue weighted by Gasteiger charge is 2.27. The van der Waals surface area contributed by atoms with Gasteiger partial charge in [0.05, 0.1) is 13.2 Å². The molecule has 3 rings (SSSR count). The maximum Gasteiger partial charge on any atom is 0.123 e. The van der Waals surface area contributed by atoms with Gasteiger partial charge < -0.3 is 9.84 Å². The minimum absolute atomic E-state index is 0.279. The van der Waals surface area contributed by atoms with Gasteiger partial charge >= 0.3 is 0 Å². The Morgan fingerprint density at radius 1 is 1.22 bits per heavy atom. The van der Waals surface area contributed by atoms with E-state index in [4.69, 9.17) is 4.74 Å². The number of para-hydroxylation sites is 1. The summed E-state index contributed by atoms with van der Waals surface area (Å²) in [5.41, 5.74) is 1.99. The van der Waals surface area contributed by atoms with Gasteiger partial charge in [0.1, 0.15) is 11.6 Å². The number of benzene rings is 2. The Kier molecular flexibility index (Phi) is 4.94. The van der Waals surface area contributed by atoms with E-state index in [1.165, 1.54) is 17.7 Å². The summed E-state index contributed by atoms with van der Waals surface area (Å²) in [7, 11) is 1.70. The van der Waals surface area contributed by atoms with Crippen molar-refractivity contribution in [3.8, 4) is 5.75 Å². The predicted molar refractivity (Wildman–Crippen MR) is 88.2 cm³/mol. The zero-order chi connectivity index (χ0) is 16.2. The van der Waals surface area contributed by atoms with Gasteiger partial charge in [0.25, 0.3) is 0 Å². The Balaban J connectivity index is 1.62. The van der Waals surface area contributed by atoms with Crippen LogP contribution in [0.1, 0.15) is 29.6 Å². The first-order chi connectivity index (χ1) is 11.2. The Bertz CT molecular complexity index is 644. The van der Waals surface area contributed by atoms with Crippen molar-refractivity contribution in [2.24, 2.45) is 0 Å². The normalized spacial score (nSPS) is 19.7. The van der Waals surface area contributed by atoms with Crippen molar-refractivity contribution in [1.29, 1.82) is 0 Å². The zero-order valence-electron chi connectivity index (χ0n) is 13.3. The Hall–Kier alpha value is -1.91. The first-order valence-corrected chi connectivity index (χ1v) is 7.96. The van der Waals surface area contributed by atoms with Crippen molar-refractivity contribution < 1.29 is 14.2 Å². The van der Waals surface area contributed by atoms with E-state index >= 15 is 0 Å². The van der Waals surface area contributed by atoms with Crippen LogP contribution in [0.3, 0.4) is 0 Å². The molecule has 0 aliphatic carbocycles. The van der Waals surface area contributed by atoms with Crippen LogP contribution in [0.25, 0.3) is 0 Å². The second-order valence-electron chi connectivity index (χ2n) is 6.05. The molecule has 0 amide bonds. The maximum atomic E-state index is 13.0. The summed E-state index contributed by atoms with van der Waals surface area (Å²) in [5.74, 6) is 1.07. The van der Waals surface area contributed by atoms with E-state index in [1.807, 2.05) is 18.2 Å². The van der Waals surface area contributed by atoms with Gasteiger partial charge in [-0.2, -0.15) is 0 Å². The fourth-order valence-electron chi connectivity index (χ4n) is 3.29. The van der Waals surface area contributed by atoms with E-state index in [9.17, 15) is 9.50 Å². The number of hydrogen-bond donors (Lipinski definition) is 1. The van der Waals surface area contributed by atoms with Crippen LogP contribution in [0.2, 0.25) is 0 Å². The van der Waals surface area contributed by atoms with Crippen LogP contribution >= 0.6 is 0 Å². The Morgan fingerprint density at radius 2 is 1.96 bits per heavy atom. The van der Waals surface area contributed by atoms with Crippen molar-refractivity contribution in [1.82, 2.24) is 4.90 Å². The molecular formula is C19H22FNO2. The van der Waals surface area contributed by atoms with E-state index < -0.39 is 6.10 Å². The Labute approximate surface area is 136 Å². The third-order valence-electron chi connectivity index (χ3n) is 4.54. The summed E-state index contributed by atoms with van der Waals surface area (Å²) in [4.78, 5) is 2.26. The van der Waals surface area contributed by atoms with Crippen LogP contribution in [0.5, 0.6) is 5.75 Å². The van der Waals surface area contributed by atoms with E-state index in [2.05, 4.69) is 11.0 Å². The lowest BCUT2D eigenvalue weighted by atomic mass is 9.97. The third kappa shape index (κ3) is 3.71. The molecule has 23 heavy (non-hydrogen) atoms. The highest BCUT2D eigenvalue weighted by Crippen LogP contribution is 2.33. The molecule has 0 spiro atoms. The predicted octanol–water partition coefficient (Wildman–Crippen LogP) is 3.36. The van der Waals surface area contributed by atoms with Crippen molar-refractivity contribution in [3.05, 3.63) is 65.5 Å². The molecule has 2 unspecified atom stereocenters. The molecule has 1 aliphatic rings. The average Bonchev–Trinajstić information content (AvgIpc) is 3.03. The lowest BCUT2D eigenvalue weighted by Gasteiger charge is -2.21. The number of β-amino-alcohol motifs (C(OH)–C–C–N with tert-alkyl or cyclic N) is 1. The fraction of sp³-hybridized carbons (Fsp3) is 0.368. The molecule has 3 nitrogen and oxygen atoms in total. The molecule has 122 valence electrons. The molecule has 0 saturated carbocycles. The van der Waals surface area contributed by atoms with Gasteiger partial charge in [0.2, 0.25) is 0 Å². The van der Waals surface area contributed by atoms with Crippen molar-refractivity contribution >= 4 is 0 Å². The first kappa shape index (κ1) is 16.0. The van der Waals surface area contributed by atoms with E-state index in [1.54, 1.807) is 19.2 Å². The molecule has 2 aromatic rings. The second-order valence-corrected chi connectivity index (χ2v) is 6.05. The molecule has 2 aromatic carbocycles. The van der Waals surface area contributed by atoms with Gasteiger partial charge in [-0.25, -0.2) is 4.39 Å². The summed E-state index contributed by atoms with van der Waals surface area (Å²) in [6.07, 6.45) is 0.461. The van der Waals surface area contributed by atoms with Gasteiger partial charge in [-0.3, -0.25) is 4.90 Å². The average molecular weight is 315 g/mol. The second kappa shape index (κ2) is 7.11. The quantitative estimate of drug-likeness (QED) is 0.918. The molecule has 2 atom stereocenters.